The molecule has 1 aliphatic rings. The molecule has 1 aromatic heterocycles. The summed E-state index contributed by atoms with van der Waals surface area (Å²) in [6.45, 7) is 1.04. The summed E-state index contributed by atoms with van der Waals surface area (Å²) in [5.74, 6) is 1.53. The lowest BCUT2D eigenvalue weighted by Gasteiger charge is -2.30. The zero-order valence-corrected chi connectivity index (χ0v) is 11.0. The van der Waals surface area contributed by atoms with Crippen molar-refractivity contribution in [2.45, 2.75) is 25.7 Å². The Hall–Kier alpha value is -1.80. The van der Waals surface area contributed by atoms with Crippen molar-refractivity contribution in [1.82, 2.24) is 4.98 Å². The van der Waals surface area contributed by atoms with Crippen LogP contribution in [0.15, 0.2) is 12.1 Å². The van der Waals surface area contributed by atoms with E-state index in [2.05, 4.69) is 10.3 Å². The number of pyridine rings is 1. The van der Waals surface area contributed by atoms with E-state index in [4.69, 9.17) is 11.0 Å². The van der Waals surface area contributed by atoms with E-state index in [1.165, 1.54) is 12.8 Å². The first-order chi connectivity index (χ1) is 9.24. The van der Waals surface area contributed by atoms with Gasteiger partial charge in [-0.1, -0.05) is 12.8 Å². The first-order valence-corrected chi connectivity index (χ1v) is 6.76. The first-order valence-electron chi connectivity index (χ1n) is 6.76. The second-order valence-electron chi connectivity index (χ2n) is 5.11. The number of aromatic nitrogens is 1. The van der Waals surface area contributed by atoms with Gasteiger partial charge in [0, 0.05) is 13.2 Å². The average Bonchev–Trinajstić information content (AvgIpc) is 2.46. The Morgan fingerprint density at radius 1 is 1.37 bits per heavy atom. The molecule has 0 bridgehead atoms. The van der Waals surface area contributed by atoms with Gasteiger partial charge in [0.05, 0.1) is 5.69 Å². The zero-order chi connectivity index (χ0) is 13.7. The Balaban J connectivity index is 1.96. The Labute approximate surface area is 113 Å². The fourth-order valence-corrected chi connectivity index (χ4v) is 2.69. The monoisotopic (exact) mass is 260 g/mol. The van der Waals surface area contributed by atoms with Gasteiger partial charge < -0.3 is 16.2 Å². The van der Waals surface area contributed by atoms with Crippen molar-refractivity contribution >= 4 is 11.5 Å². The van der Waals surface area contributed by atoms with Crippen molar-refractivity contribution in [1.29, 1.82) is 5.26 Å². The van der Waals surface area contributed by atoms with Gasteiger partial charge in [-0.3, -0.25) is 0 Å². The highest BCUT2D eigenvalue weighted by Crippen LogP contribution is 2.29. The van der Waals surface area contributed by atoms with Crippen LogP contribution in [-0.2, 0) is 0 Å². The highest BCUT2D eigenvalue weighted by molar-refractivity contribution is 5.54. The smallest absolute Gasteiger partial charge is 0.165 e. The summed E-state index contributed by atoms with van der Waals surface area (Å²) in [4.78, 5) is 4.17. The molecule has 0 amide bonds. The number of hydrogen-bond acceptors (Lipinski definition) is 5. The van der Waals surface area contributed by atoms with E-state index in [9.17, 15) is 5.11 Å². The van der Waals surface area contributed by atoms with Gasteiger partial charge in [-0.15, -0.1) is 0 Å². The summed E-state index contributed by atoms with van der Waals surface area (Å²) in [5.41, 5.74) is 6.30. The summed E-state index contributed by atoms with van der Waals surface area (Å²) in [5, 5.41) is 21.5. The molecule has 1 aromatic rings. The molecule has 102 valence electrons. The van der Waals surface area contributed by atoms with Gasteiger partial charge in [-0.05, 0) is 36.8 Å². The van der Waals surface area contributed by atoms with Crippen LogP contribution in [0.2, 0.25) is 0 Å². The van der Waals surface area contributed by atoms with Gasteiger partial charge in [-0.25, -0.2) is 4.98 Å². The number of nitrogens with zero attached hydrogens (tertiary/aromatic N) is 2. The van der Waals surface area contributed by atoms with Gasteiger partial charge in [0.25, 0.3) is 0 Å². The van der Waals surface area contributed by atoms with E-state index in [0.717, 1.165) is 19.4 Å². The van der Waals surface area contributed by atoms with Crippen LogP contribution in [0.5, 0.6) is 0 Å². The molecular weight excluding hydrogens is 240 g/mol. The van der Waals surface area contributed by atoms with Crippen LogP contribution >= 0.6 is 0 Å². The number of anilines is 2. The molecule has 2 atom stereocenters. The molecule has 2 unspecified atom stereocenters. The maximum absolute atomic E-state index is 9.37. The third-order valence-electron chi connectivity index (χ3n) is 3.88. The first kappa shape index (κ1) is 13.6. The molecule has 1 saturated carbocycles. The van der Waals surface area contributed by atoms with Crippen molar-refractivity contribution in [2.24, 2.45) is 11.8 Å². The molecule has 0 aromatic carbocycles. The van der Waals surface area contributed by atoms with Gasteiger partial charge in [0.2, 0.25) is 0 Å². The molecule has 0 spiro atoms. The second-order valence-corrected chi connectivity index (χ2v) is 5.11. The number of aliphatic hydroxyl groups excluding tert-OH is 1. The van der Waals surface area contributed by atoms with Crippen LogP contribution in [-0.4, -0.2) is 23.2 Å². The molecule has 2 rings (SSSR count). The lowest BCUT2D eigenvalue weighted by Crippen LogP contribution is -2.28. The Bertz CT molecular complexity index is 469. The third-order valence-corrected chi connectivity index (χ3v) is 3.88. The van der Waals surface area contributed by atoms with Gasteiger partial charge in [-0.2, -0.15) is 5.26 Å². The van der Waals surface area contributed by atoms with E-state index >= 15 is 0 Å². The summed E-state index contributed by atoms with van der Waals surface area (Å²) >= 11 is 0. The topological polar surface area (TPSA) is 95.0 Å². The molecular formula is C14H20N4O. The van der Waals surface area contributed by atoms with Gasteiger partial charge in [0.15, 0.2) is 5.69 Å². The number of aliphatic hydroxyl groups is 1. The zero-order valence-electron chi connectivity index (χ0n) is 11.0. The van der Waals surface area contributed by atoms with E-state index in [0.29, 0.717) is 23.3 Å². The highest BCUT2D eigenvalue weighted by Gasteiger charge is 2.24. The van der Waals surface area contributed by atoms with E-state index in [1.807, 2.05) is 6.07 Å². The summed E-state index contributed by atoms with van der Waals surface area (Å²) < 4.78 is 0. The number of nitrogens with two attached hydrogens (primary N) is 1. The summed E-state index contributed by atoms with van der Waals surface area (Å²) in [7, 11) is 0. The molecule has 5 heteroatoms. The van der Waals surface area contributed by atoms with Crippen molar-refractivity contribution in [3.05, 3.63) is 17.8 Å². The number of nitrogens with one attached hydrogen (secondary N) is 1. The predicted octanol–water partition coefficient (Wildman–Crippen LogP) is 1.75. The minimum atomic E-state index is 0.255. The maximum Gasteiger partial charge on any atom is 0.165 e. The Morgan fingerprint density at radius 2 is 2.11 bits per heavy atom. The SMILES string of the molecule is N#Cc1nc(NCC2CCCCC2CO)ccc1N. The standard InChI is InChI=1S/C14H20N4O/c15-7-13-12(16)5-6-14(18-13)17-8-10-3-1-2-4-11(10)9-19/h5-6,10-11,19H,1-4,8-9,16H2,(H,17,18). The van der Waals surface area contributed by atoms with Crippen LogP contribution in [0, 0.1) is 23.2 Å². The number of hydrogen-bond donors (Lipinski definition) is 3. The fraction of sp³-hybridized carbons (Fsp3) is 0.571. The normalized spacial score (nSPS) is 22.7. The quantitative estimate of drug-likeness (QED) is 0.766. The molecule has 0 saturated heterocycles. The Morgan fingerprint density at radius 3 is 2.79 bits per heavy atom. The molecule has 1 aliphatic carbocycles. The van der Waals surface area contributed by atoms with Crippen LogP contribution in [0.4, 0.5) is 11.5 Å². The van der Waals surface area contributed by atoms with E-state index < -0.39 is 0 Å². The van der Waals surface area contributed by atoms with Crippen molar-refractivity contribution < 1.29 is 5.11 Å². The third kappa shape index (κ3) is 3.36. The predicted molar refractivity (Wildman–Crippen MR) is 74.4 cm³/mol. The van der Waals surface area contributed by atoms with Gasteiger partial charge in [0.1, 0.15) is 11.9 Å². The minimum Gasteiger partial charge on any atom is -0.396 e. The molecule has 0 aliphatic heterocycles. The fourth-order valence-electron chi connectivity index (χ4n) is 2.69. The van der Waals surface area contributed by atoms with Crippen LogP contribution in [0.3, 0.4) is 0 Å². The molecule has 19 heavy (non-hydrogen) atoms. The van der Waals surface area contributed by atoms with Crippen LogP contribution in [0.1, 0.15) is 31.4 Å². The van der Waals surface area contributed by atoms with Crippen LogP contribution in [0.25, 0.3) is 0 Å². The van der Waals surface area contributed by atoms with Crippen molar-refractivity contribution in [3.8, 4) is 6.07 Å². The Kier molecular flexibility index (Phi) is 4.58. The van der Waals surface area contributed by atoms with Crippen LogP contribution < -0.4 is 11.1 Å². The summed E-state index contributed by atoms with van der Waals surface area (Å²) in [6, 6.07) is 5.45. The average molecular weight is 260 g/mol. The lowest BCUT2D eigenvalue weighted by atomic mass is 9.79. The highest BCUT2D eigenvalue weighted by atomic mass is 16.3. The van der Waals surface area contributed by atoms with Crippen molar-refractivity contribution in [3.63, 3.8) is 0 Å². The molecule has 1 heterocycles. The largest absolute Gasteiger partial charge is 0.396 e. The van der Waals surface area contributed by atoms with E-state index in [1.54, 1.807) is 12.1 Å². The molecule has 5 nitrogen and oxygen atoms in total. The molecule has 0 radical (unpaired) electrons. The maximum atomic E-state index is 9.37. The minimum absolute atomic E-state index is 0.255. The lowest BCUT2D eigenvalue weighted by molar-refractivity contribution is 0.141. The number of nitrogen functional groups attached to an aromatic ring is 1. The van der Waals surface area contributed by atoms with E-state index in [-0.39, 0.29) is 12.3 Å². The molecule has 1 fully saturated rings. The second kappa shape index (κ2) is 6.39. The summed E-state index contributed by atoms with van der Waals surface area (Å²) in [6.07, 6.45) is 4.67. The number of rotatable bonds is 4. The van der Waals surface area contributed by atoms with Crippen molar-refractivity contribution in [2.75, 3.05) is 24.2 Å². The van der Waals surface area contributed by atoms with Gasteiger partial charge >= 0.3 is 0 Å². The molecule has 4 N–H and O–H groups in total. The number of nitriles is 1.